The van der Waals surface area contributed by atoms with Gasteiger partial charge in [-0.2, -0.15) is 0 Å². The van der Waals surface area contributed by atoms with Crippen molar-refractivity contribution in [3.05, 3.63) is 16.3 Å². The fourth-order valence-corrected chi connectivity index (χ4v) is 4.35. The number of fused-ring (bicyclic) bond motifs is 1. The van der Waals surface area contributed by atoms with Gasteiger partial charge in [-0.05, 0) is 36.1 Å². The third-order valence-electron chi connectivity index (χ3n) is 4.67. The Labute approximate surface area is 133 Å². The molecule has 1 saturated carbocycles. The molecule has 22 heavy (non-hydrogen) atoms. The summed E-state index contributed by atoms with van der Waals surface area (Å²) in [6.45, 7) is 2.18. The van der Waals surface area contributed by atoms with E-state index in [1.54, 1.807) is 11.4 Å². The van der Waals surface area contributed by atoms with Gasteiger partial charge in [-0.3, -0.25) is 9.69 Å². The van der Waals surface area contributed by atoms with Crippen LogP contribution in [0.5, 0.6) is 0 Å². The second kappa shape index (κ2) is 6.36. The molecule has 2 fully saturated rings. The summed E-state index contributed by atoms with van der Waals surface area (Å²) in [7, 11) is 1.33. The topological polar surface area (TPSA) is 84.7 Å². The molecule has 0 spiro atoms. The Kier molecular flexibility index (Phi) is 4.46. The maximum Gasteiger partial charge on any atom is 0.350 e. The van der Waals surface area contributed by atoms with Crippen LogP contribution in [-0.4, -0.2) is 49.6 Å². The van der Waals surface area contributed by atoms with Gasteiger partial charge in [0.2, 0.25) is 5.91 Å². The summed E-state index contributed by atoms with van der Waals surface area (Å²) in [5, 5.41) is 4.57. The van der Waals surface area contributed by atoms with Gasteiger partial charge in [-0.15, -0.1) is 11.3 Å². The van der Waals surface area contributed by atoms with E-state index in [-0.39, 0.29) is 11.9 Å². The number of methoxy groups -OCH3 is 1. The molecule has 0 aromatic carbocycles. The Morgan fingerprint density at radius 1 is 1.45 bits per heavy atom. The number of thiophene rings is 1. The summed E-state index contributed by atoms with van der Waals surface area (Å²) in [5.41, 5.74) is 6.64. The van der Waals surface area contributed by atoms with E-state index in [1.165, 1.54) is 24.9 Å². The highest BCUT2D eigenvalue weighted by molar-refractivity contribution is 7.12. The Hall–Kier alpha value is -1.44. The van der Waals surface area contributed by atoms with Crippen LogP contribution in [0.3, 0.4) is 0 Å². The fraction of sp³-hybridized carbons (Fsp3) is 0.600. The van der Waals surface area contributed by atoms with Crippen LogP contribution in [-0.2, 0) is 9.53 Å². The third-order valence-corrected chi connectivity index (χ3v) is 5.56. The van der Waals surface area contributed by atoms with Gasteiger partial charge in [-0.1, -0.05) is 0 Å². The lowest BCUT2D eigenvalue weighted by Gasteiger charge is -2.17. The van der Waals surface area contributed by atoms with E-state index in [0.29, 0.717) is 28.9 Å². The minimum absolute atomic E-state index is 0.0999. The minimum Gasteiger partial charge on any atom is -0.465 e. The molecule has 3 rings (SSSR count). The van der Waals surface area contributed by atoms with E-state index in [1.807, 2.05) is 0 Å². The van der Waals surface area contributed by atoms with Gasteiger partial charge in [0.15, 0.2) is 0 Å². The van der Waals surface area contributed by atoms with Gasteiger partial charge in [0.25, 0.3) is 0 Å². The molecule has 2 heterocycles. The number of esters is 1. The van der Waals surface area contributed by atoms with E-state index >= 15 is 0 Å². The molecule has 2 aliphatic rings. The summed E-state index contributed by atoms with van der Waals surface area (Å²) >= 11 is 1.26. The van der Waals surface area contributed by atoms with E-state index in [4.69, 9.17) is 10.5 Å². The highest BCUT2D eigenvalue weighted by Gasteiger charge is 2.41. The highest BCUT2D eigenvalue weighted by atomic mass is 32.1. The van der Waals surface area contributed by atoms with Crippen LogP contribution in [0, 0.1) is 11.8 Å². The van der Waals surface area contributed by atoms with Crippen molar-refractivity contribution in [3.8, 4) is 0 Å². The summed E-state index contributed by atoms with van der Waals surface area (Å²) in [4.78, 5) is 26.4. The summed E-state index contributed by atoms with van der Waals surface area (Å²) in [6.07, 6.45) is 2.27. The van der Waals surface area contributed by atoms with Crippen LogP contribution in [0.25, 0.3) is 0 Å². The van der Waals surface area contributed by atoms with Gasteiger partial charge in [0.05, 0.1) is 19.3 Å². The van der Waals surface area contributed by atoms with Gasteiger partial charge >= 0.3 is 5.97 Å². The van der Waals surface area contributed by atoms with Crippen molar-refractivity contribution in [1.82, 2.24) is 4.90 Å². The van der Waals surface area contributed by atoms with E-state index < -0.39 is 5.97 Å². The number of ether oxygens (including phenoxy) is 1. The smallest absolute Gasteiger partial charge is 0.350 e. The third kappa shape index (κ3) is 3.02. The molecular weight excluding hydrogens is 302 g/mol. The quantitative estimate of drug-likeness (QED) is 0.812. The van der Waals surface area contributed by atoms with Crippen molar-refractivity contribution in [1.29, 1.82) is 0 Å². The van der Waals surface area contributed by atoms with E-state index in [9.17, 15) is 9.59 Å². The molecule has 0 radical (unpaired) electrons. The zero-order valence-electron chi connectivity index (χ0n) is 12.6. The lowest BCUT2D eigenvalue weighted by Crippen LogP contribution is -2.34. The van der Waals surface area contributed by atoms with Crippen molar-refractivity contribution in [2.75, 3.05) is 32.1 Å². The Bertz CT molecular complexity index is 574. The number of anilines is 1. The number of hydrogen-bond donors (Lipinski definition) is 2. The predicted octanol–water partition coefficient (Wildman–Crippen LogP) is 1.14. The zero-order valence-corrected chi connectivity index (χ0v) is 13.4. The Morgan fingerprint density at radius 2 is 2.27 bits per heavy atom. The number of nitrogens with zero attached hydrogens (tertiary/aromatic N) is 1. The van der Waals surface area contributed by atoms with Gasteiger partial charge < -0.3 is 15.8 Å². The van der Waals surface area contributed by atoms with Crippen LogP contribution in [0.15, 0.2) is 11.4 Å². The van der Waals surface area contributed by atoms with Crippen molar-refractivity contribution >= 4 is 28.9 Å². The van der Waals surface area contributed by atoms with Crippen LogP contribution < -0.4 is 11.1 Å². The number of hydrogen-bond acceptors (Lipinski definition) is 6. The van der Waals surface area contributed by atoms with Crippen molar-refractivity contribution in [2.24, 2.45) is 17.6 Å². The second-order valence-electron chi connectivity index (χ2n) is 6.06. The first kappa shape index (κ1) is 15.5. The number of nitrogens with one attached hydrogen (secondary N) is 1. The second-order valence-corrected chi connectivity index (χ2v) is 6.98. The molecule has 1 aromatic rings. The molecule has 7 heteroatoms. The van der Waals surface area contributed by atoms with Crippen molar-refractivity contribution in [3.63, 3.8) is 0 Å². The number of nitrogens with two attached hydrogens (primary N) is 1. The number of amides is 1. The average molecular weight is 323 g/mol. The lowest BCUT2D eigenvalue weighted by molar-refractivity contribution is -0.117. The highest BCUT2D eigenvalue weighted by Crippen LogP contribution is 2.36. The minimum atomic E-state index is -0.424. The number of likely N-dealkylation sites (tertiary alicyclic amines) is 1. The summed E-state index contributed by atoms with van der Waals surface area (Å²) in [5.74, 6) is 0.637. The number of rotatable bonds is 4. The molecule has 120 valence electrons. The van der Waals surface area contributed by atoms with Crippen LogP contribution >= 0.6 is 11.3 Å². The molecule has 0 bridgehead atoms. The molecule has 6 nitrogen and oxygen atoms in total. The number of carbonyl (C=O) groups excluding carboxylic acids is 2. The molecule has 1 aliphatic heterocycles. The van der Waals surface area contributed by atoms with Gasteiger partial charge in [0, 0.05) is 19.1 Å². The molecule has 1 amide bonds. The lowest BCUT2D eigenvalue weighted by atomic mass is 9.98. The molecule has 1 aliphatic carbocycles. The first-order valence-electron chi connectivity index (χ1n) is 7.52. The maximum atomic E-state index is 12.2. The van der Waals surface area contributed by atoms with Gasteiger partial charge in [-0.25, -0.2) is 4.79 Å². The first-order chi connectivity index (χ1) is 10.6. The average Bonchev–Trinajstić information content (AvgIpc) is 3.17. The predicted molar refractivity (Wildman–Crippen MR) is 84.9 cm³/mol. The van der Waals surface area contributed by atoms with E-state index in [0.717, 1.165) is 19.5 Å². The SMILES string of the molecule is COC(=O)c1sccc1NC(=O)CN1CC2CCC(N)C2C1. The molecular formula is C15H21N3O3S. The Balaban J connectivity index is 1.56. The van der Waals surface area contributed by atoms with Gasteiger partial charge in [0.1, 0.15) is 4.88 Å². The molecule has 1 saturated heterocycles. The van der Waals surface area contributed by atoms with Crippen LogP contribution in [0.4, 0.5) is 5.69 Å². The normalized spacial score (nSPS) is 27.6. The largest absolute Gasteiger partial charge is 0.465 e. The van der Waals surface area contributed by atoms with Crippen molar-refractivity contribution < 1.29 is 14.3 Å². The van der Waals surface area contributed by atoms with Crippen LogP contribution in [0.2, 0.25) is 0 Å². The molecule has 3 unspecified atom stereocenters. The Morgan fingerprint density at radius 3 is 3.00 bits per heavy atom. The first-order valence-corrected chi connectivity index (χ1v) is 8.40. The van der Waals surface area contributed by atoms with E-state index in [2.05, 4.69) is 10.2 Å². The van der Waals surface area contributed by atoms with Crippen LogP contribution in [0.1, 0.15) is 22.5 Å². The molecule has 1 aromatic heterocycles. The van der Waals surface area contributed by atoms with Crippen molar-refractivity contribution in [2.45, 2.75) is 18.9 Å². The molecule has 3 atom stereocenters. The zero-order chi connectivity index (χ0) is 15.7. The molecule has 3 N–H and O–H groups in total. The fourth-order valence-electron chi connectivity index (χ4n) is 3.58. The maximum absolute atomic E-state index is 12.2. The summed E-state index contributed by atoms with van der Waals surface area (Å²) < 4.78 is 4.71. The number of carbonyl (C=O) groups is 2. The standard InChI is InChI=1S/C15H21N3O3S/c1-21-15(20)14-12(4-5-22-14)17-13(19)8-18-6-9-2-3-11(16)10(9)7-18/h4-5,9-11H,2-3,6-8,16H2,1H3,(H,17,19). The summed E-state index contributed by atoms with van der Waals surface area (Å²) in [6, 6.07) is 2.00. The monoisotopic (exact) mass is 323 g/mol.